The molecule has 23 heavy (non-hydrogen) atoms. The third-order valence-electron chi connectivity index (χ3n) is 3.93. The van der Waals surface area contributed by atoms with Gasteiger partial charge in [0, 0.05) is 43.4 Å². The molecule has 1 aliphatic rings. The molecule has 1 fully saturated rings. The van der Waals surface area contributed by atoms with E-state index >= 15 is 0 Å². The van der Waals surface area contributed by atoms with Crippen LogP contribution in [0.25, 0.3) is 0 Å². The highest BCUT2D eigenvalue weighted by molar-refractivity contribution is 6.30. The van der Waals surface area contributed by atoms with Crippen LogP contribution in [-0.2, 0) is 6.54 Å². The molecule has 1 heterocycles. The molecular weight excluding hydrogens is 312 g/mol. The third-order valence-corrected chi connectivity index (χ3v) is 4.17. The van der Waals surface area contributed by atoms with E-state index in [1.807, 2.05) is 36.4 Å². The Labute approximate surface area is 140 Å². The minimum absolute atomic E-state index is 0.422. The smallest absolute Gasteiger partial charge is 0.131 e. The standard InChI is InChI=1S/C17H19ClN4O/c18-14-3-1-2-13(10-14)12-20-17-11-15(4-5-16(17)21-23)22-8-6-19-7-9-22/h1-5,10-11,19-20H,6-9,12H2. The molecule has 0 radical (unpaired) electrons. The monoisotopic (exact) mass is 330 g/mol. The molecule has 2 N–H and O–H groups in total. The molecule has 0 spiro atoms. The summed E-state index contributed by atoms with van der Waals surface area (Å²) in [5.74, 6) is 0. The molecule has 0 bridgehead atoms. The number of benzene rings is 2. The first-order chi connectivity index (χ1) is 11.3. The van der Waals surface area contributed by atoms with Crippen molar-refractivity contribution in [3.05, 3.63) is 58.0 Å². The predicted molar refractivity (Wildman–Crippen MR) is 95.8 cm³/mol. The van der Waals surface area contributed by atoms with Gasteiger partial charge >= 0.3 is 0 Å². The Balaban J connectivity index is 1.77. The lowest BCUT2D eigenvalue weighted by Gasteiger charge is -2.29. The van der Waals surface area contributed by atoms with E-state index in [1.54, 1.807) is 6.07 Å². The van der Waals surface area contributed by atoms with Gasteiger partial charge in [-0.15, -0.1) is 4.91 Å². The second-order valence-electron chi connectivity index (χ2n) is 5.51. The van der Waals surface area contributed by atoms with E-state index in [0.717, 1.165) is 43.1 Å². The zero-order valence-corrected chi connectivity index (χ0v) is 13.5. The van der Waals surface area contributed by atoms with Gasteiger partial charge in [-0.3, -0.25) is 0 Å². The Bertz CT molecular complexity index is 686. The molecule has 0 saturated carbocycles. The van der Waals surface area contributed by atoms with Crippen molar-refractivity contribution in [3.8, 4) is 0 Å². The van der Waals surface area contributed by atoms with Crippen molar-refractivity contribution in [3.63, 3.8) is 0 Å². The highest BCUT2D eigenvalue weighted by Gasteiger charge is 2.13. The van der Waals surface area contributed by atoms with Crippen LogP contribution in [0.1, 0.15) is 5.56 Å². The average Bonchev–Trinajstić information content (AvgIpc) is 2.60. The van der Waals surface area contributed by atoms with Crippen molar-refractivity contribution >= 4 is 28.7 Å². The van der Waals surface area contributed by atoms with E-state index in [2.05, 4.69) is 20.7 Å². The summed E-state index contributed by atoms with van der Waals surface area (Å²) in [5, 5.41) is 10.4. The lowest BCUT2D eigenvalue weighted by atomic mass is 10.2. The molecule has 2 aromatic carbocycles. The maximum absolute atomic E-state index is 11.0. The van der Waals surface area contributed by atoms with E-state index in [9.17, 15) is 4.91 Å². The Kier molecular flexibility index (Phi) is 5.10. The van der Waals surface area contributed by atoms with E-state index < -0.39 is 0 Å². The summed E-state index contributed by atoms with van der Waals surface area (Å²) < 4.78 is 0. The molecule has 0 amide bonds. The summed E-state index contributed by atoms with van der Waals surface area (Å²) in [6.45, 7) is 4.45. The van der Waals surface area contributed by atoms with Gasteiger partial charge in [-0.25, -0.2) is 0 Å². The number of nitrogens with one attached hydrogen (secondary N) is 2. The van der Waals surface area contributed by atoms with Crippen molar-refractivity contribution < 1.29 is 0 Å². The molecule has 0 unspecified atom stereocenters. The van der Waals surface area contributed by atoms with E-state index in [0.29, 0.717) is 17.3 Å². The molecule has 5 nitrogen and oxygen atoms in total. The fraction of sp³-hybridized carbons (Fsp3) is 0.294. The molecule has 120 valence electrons. The van der Waals surface area contributed by atoms with Crippen LogP contribution in [0.15, 0.2) is 47.6 Å². The largest absolute Gasteiger partial charge is 0.379 e. The summed E-state index contributed by atoms with van der Waals surface area (Å²) in [6, 6.07) is 13.4. The minimum Gasteiger partial charge on any atom is -0.379 e. The van der Waals surface area contributed by atoms with Gasteiger partial charge < -0.3 is 15.5 Å². The fourth-order valence-electron chi connectivity index (χ4n) is 2.71. The summed E-state index contributed by atoms with van der Waals surface area (Å²) >= 11 is 6.00. The number of nitroso groups, excluding NO2 is 1. The number of hydrogen-bond donors (Lipinski definition) is 2. The fourth-order valence-corrected chi connectivity index (χ4v) is 2.92. The number of rotatable bonds is 5. The summed E-state index contributed by atoms with van der Waals surface area (Å²) in [5.41, 5.74) is 3.33. The van der Waals surface area contributed by atoms with Gasteiger partial charge in [0.25, 0.3) is 0 Å². The highest BCUT2D eigenvalue weighted by Crippen LogP contribution is 2.30. The van der Waals surface area contributed by atoms with Gasteiger partial charge in [-0.2, -0.15) is 0 Å². The summed E-state index contributed by atoms with van der Waals surface area (Å²) in [4.78, 5) is 13.3. The lowest BCUT2D eigenvalue weighted by Crippen LogP contribution is -2.43. The quantitative estimate of drug-likeness (QED) is 0.820. The van der Waals surface area contributed by atoms with Gasteiger partial charge in [0.05, 0.1) is 5.69 Å². The SMILES string of the molecule is O=Nc1ccc(N2CCNCC2)cc1NCc1cccc(Cl)c1. The van der Waals surface area contributed by atoms with Crippen molar-refractivity contribution in [1.82, 2.24) is 5.32 Å². The number of piperazine rings is 1. The molecule has 0 aromatic heterocycles. The third kappa shape index (κ3) is 4.00. The van der Waals surface area contributed by atoms with Crippen LogP contribution in [0, 0.1) is 4.91 Å². The number of halogens is 1. The second kappa shape index (κ2) is 7.44. The van der Waals surface area contributed by atoms with Crippen LogP contribution in [0.5, 0.6) is 0 Å². The molecule has 0 aliphatic carbocycles. The van der Waals surface area contributed by atoms with Gasteiger partial charge in [-0.05, 0) is 41.1 Å². The Morgan fingerprint density at radius 3 is 2.74 bits per heavy atom. The zero-order chi connectivity index (χ0) is 16.1. The lowest BCUT2D eigenvalue weighted by molar-refractivity contribution is 0.589. The first kappa shape index (κ1) is 15.8. The van der Waals surface area contributed by atoms with E-state index in [4.69, 9.17) is 11.6 Å². The molecule has 1 saturated heterocycles. The summed E-state index contributed by atoms with van der Waals surface area (Å²) in [6.07, 6.45) is 0. The van der Waals surface area contributed by atoms with Crippen LogP contribution in [0.2, 0.25) is 5.02 Å². The first-order valence-electron chi connectivity index (χ1n) is 7.67. The van der Waals surface area contributed by atoms with Crippen molar-refractivity contribution in [2.24, 2.45) is 5.18 Å². The van der Waals surface area contributed by atoms with Gasteiger partial charge in [0.2, 0.25) is 0 Å². The highest BCUT2D eigenvalue weighted by atomic mass is 35.5. The van der Waals surface area contributed by atoms with Gasteiger partial charge in [0.15, 0.2) is 0 Å². The Morgan fingerprint density at radius 2 is 2.00 bits per heavy atom. The maximum atomic E-state index is 11.0. The second-order valence-corrected chi connectivity index (χ2v) is 5.95. The minimum atomic E-state index is 0.422. The van der Waals surface area contributed by atoms with Crippen LogP contribution >= 0.6 is 11.6 Å². The Morgan fingerprint density at radius 1 is 1.17 bits per heavy atom. The predicted octanol–water partition coefficient (Wildman–Crippen LogP) is 3.76. The number of anilines is 2. The average molecular weight is 331 g/mol. The van der Waals surface area contributed by atoms with Gasteiger partial charge in [-0.1, -0.05) is 23.7 Å². The van der Waals surface area contributed by atoms with Crippen molar-refractivity contribution in [2.75, 3.05) is 36.4 Å². The number of nitrogens with zero attached hydrogens (tertiary/aromatic N) is 2. The first-order valence-corrected chi connectivity index (χ1v) is 8.05. The molecule has 0 atom stereocenters. The number of hydrogen-bond acceptors (Lipinski definition) is 5. The van der Waals surface area contributed by atoms with Crippen molar-refractivity contribution in [2.45, 2.75) is 6.54 Å². The topological polar surface area (TPSA) is 56.7 Å². The Hall–Kier alpha value is -2.11. The molecule has 2 aromatic rings. The molecule has 6 heteroatoms. The van der Waals surface area contributed by atoms with Crippen molar-refractivity contribution in [1.29, 1.82) is 0 Å². The van der Waals surface area contributed by atoms with Crippen LogP contribution in [0.4, 0.5) is 17.1 Å². The normalized spacial score (nSPS) is 14.6. The van der Waals surface area contributed by atoms with Crippen LogP contribution in [-0.4, -0.2) is 26.2 Å². The van der Waals surface area contributed by atoms with E-state index in [1.165, 1.54) is 0 Å². The van der Waals surface area contributed by atoms with Crippen LogP contribution < -0.4 is 15.5 Å². The molecule has 1 aliphatic heterocycles. The van der Waals surface area contributed by atoms with Gasteiger partial charge in [0.1, 0.15) is 5.69 Å². The van der Waals surface area contributed by atoms with E-state index in [-0.39, 0.29) is 0 Å². The zero-order valence-electron chi connectivity index (χ0n) is 12.8. The van der Waals surface area contributed by atoms with Crippen LogP contribution in [0.3, 0.4) is 0 Å². The maximum Gasteiger partial charge on any atom is 0.131 e. The molecule has 3 rings (SSSR count). The summed E-state index contributed by atoms with van der Waals surface area (Å²) in [7, 11) is 0. The molecular formula is C17H19ClN4O.